The van der Waals surface area contributed by atoms with Crippen LogP contribution >= 0.6 is 15.9 Å². The third-order valence-electron chi connectivity index (χ3n) is 2.90. The lowest BCUT2D eigenvalue weighted by atomic mass is 9.84. The Bertz CT molecular complexity index is 480. The minimum Gasteiger partial charge on any atom is -0.496 e. The second-order valence-electron chi connectivity index (χ2n) is 5.54. The van der Waals surface area contributed by atoms with Gasteiger partial charge in [-0.2, -0.15) is 0 Å². The van der Waals surface area contributed by atoms with Gasteiger partial charge in [0.1, 0.15) is 11.8 Å². The van der Waals surface area contributed by atoms with E-state index in [0.29, 0.717) is 5.75 Å². The average molecular weight is 330 g/mol. The summed E-state index contributed by atoms with van der Waals surface area (Å²) in [6.45, 7) is 6.24. The molecule has 0 aliphatic heterocycles. The Labute approximate surface area is 122 Å². The fraction of sp³-hybridized carbons (Fsp3) is 0.500. The number of methoxy groups -OCH3 is 1. The lowest BCUT2D eigenvalue weighted by Crippen LogP contribution is -2.32. The lowest BCUT2D eigenvalue weighted by molar-refractivity contribution is -0.138. The molecule has 0 bridgehead atoms. The number of hydrogen-bond donors (Lipinski definition) is 2. The van der Waals surface area contributed by atoms with Crippen molar-refractivity contribution in [2.75, 3.05) is 7.11 Å². The molecule has 1 rings (SSSR count). The first-order valence-corrected chi connectivity index (χ1v) is 6.81. The van der Waals surface area contributed by atoms with Crippen molar-refractivity contribution < 1.29 is 14.6 Å². The highest BCUT2D eigenvalue weighted by Gasteiger charge is 2.24. The second kappa shape index (κ2) is 5.92. The number of carbonyl (C=O) groups is 1. The average Bonchev–Trinajstić information content (AvgIpc) is 2.26. The van der Waals surface area contributed by atoms with E-state index < -0.39 is 12.0 Å². The largest absolute Gasteiger partial charge is 0.496 e. The minimum atomic E-state index is -1.01. The molecule has 3 N–H and O–H groups in total. The molecule has 0 amide bonds. The zero-order valence-electron chi connectivity index (χ0n) is 11.7. The molecule has 0 saturated heterocycles. The number of aliphatic carboxylic acids is 1. The molecule has 5 heteroatoms. The van der Waals surface area contributed by atoms with Crippen molar-refractivity contribution in [3.05, 3.63) is 27.7 Å². The number of halogens is 1. The van der Waals surface area contributed by atoms with Crippen molar-refractivity contribution >= 4 is 21.9 Å². The van der Waals surface area contributed by atoms with Crippen molar-refractivity contribution in [3.8, 4) is 5.75 Å². The molecule has 1 aromatic rings. The number of ether oxygens (including phenoxy) is 1. The summed E-state index contributed by atoms with van der Waals surface area (Å²) in [5, 5.41) is 8.93. The Hall–Kier alpha value is -1.07. The SMILES string of the molecule is COc1c(CC(N)C(=O)O)cc(Br)cc1C(C)(C)C. The first kappa shape index (κ1) is 16.0. The van der Waals surface area contributed by atoms with Crippen molar-refractivity contribution in [1.29, 1.82) is 0 Å². The standard InChI is InChI=1S/C14H20BrNO3/c1-14(2,3)10-7-9(15)5-8(12(10)19-4)6-11(16)13(17)18/h5,7,11H,6,16H2,1-4H3,(H,17,18). The third kappa shape index (κ3) is 3.94. The number of carboxylic acid groups (broad SMARTS) is 1. The highest BCUT2D eigenvalue weighted by molar-refractivity contribution is 9.10. The van der Waals surface area contributed by atoms with Crippen molar-refractivity contribution in [2.24, 2.45) is 5.73 Å². The Balaban J connectivity index is 3.31. The molecule has 0 aliphatic carbocycles. The molecule has 0 radical (unpaired) electrons. The molecule has 0 aliphatic rings. The summed E-state index contributed by atoms with van der Waals surface area (Å²) in [5.41, 5.74) is 7.34. The molecule has 0 saturated carbocycles. The van der Waals surface area contributed by atoms with Gasteiger partial charge in [-0.1, -0.05) is 36.7 Å². The highest BCUT2D eigenvalue weighted by atomic mass is 79.9. The molecule has 19 heavy (non-hydrogen) atoms. The maximum Gasteiger partial charge on any atom is 0.320 e. The van der Waals surface area contributed by atoms with Crippen LogP contribution in [0.3, 0.4) is 0 Å². The van der Waals surface area contributed by atoms with Gasteiger partial charge in [-0.15, -0.1) is 0 Å². The van der Waals surface area contributed by atoms with Crippen LogP contribution in [0.15, 0.2) is 16.6 Å². The van der Waals surface area contributed by atoms with Crippen molar-refractivity contribution in [3.63, 3.8) is 0 Å². The van der Waals surface area contributed by atoms with E-state index in [2.05, 4.69) is 36.7 Å². The molecule has 106 valence electrons. The summed E-state index contributed by atoms with van der Waals surface area (Å²) in [6, 6.07) is 2.92. The maximum absolute atomic E-state index is 10.9. The van der Waals surface area contributed by atoms with E-state index in [-0.39, 0.29) is 11.8 Å². The van der Waals surface area contributed by atoms with E-state index in [9.17, 15) is 4.79 Å². The van der Waals surface area contributed by atoms with Gasteiger partial charge in [0.25, 0.3) is 0 Å². The van der Waals surface area contributed by atoms with Gasteiger partial charge in [0.15, 0.2) is 0 Å². The zero-order chi connectivity index (χ0) is 14.8. The monoisotopic (exact) mass is 329 g/mol. The number of benzene rings is 1. The van der Waals surface area contributed by atoms with Crippen LogP contribution in [0.4, 0.5) is 0 Å². The minimum absolute atomic E-state index is 0.100. The summed E-state index contributed by atoms with van der Waals surface area (Å²) in [6.07, 6.45) is 0.237. The topological polar surface area (TPSA) is 72.5 Å². The van der Waals surface area contributed by atoms with Gasteiger partial charge in [0, 0.05) is 16.5 Å². The zero-order valence-corrected chi connectivity index (χ0v) is 13.2. The quantitative estimate of drug-likeness (QED) is 0.890. The van der Waals surface area contributed by atoms with Crippen molar-refractivity contribution in [2.45, 2.75) is 38.6 Å². The Morgan fingerprint density at radius 3 is 2.47 bits per heavy atom. The van der Waals surface area contributed by atoms with Gasteiger partial charge in [0.2, 0.25) is 0 Å². The molecule has 0 fully saturated rings. The van der Waals surface area contributed by atoms with Crippen LogP contribution in [0.25, 0.3) is 0 Å². The number of carboxylic acids is 1. The summed E-state index contributed by atoms with van der Waals surface area (Å²) in [5.74, 6) is -0.299. The molecular weight excluding hydrogens is 310 g/mol. The van der Waals surface area contributed by atoms with Gasteiger partial charge < -0.3 is 15.6 Å². The van der Waals surface area contributed by atoms with E-state index in [1.165, 1.54) is 0 Å². The van der Waals surface area contributed by atoms with Crippen LogP contribution in [0.5, 0.6) is 5.75 Å². The molecule has 1 unspecified atom stereocenters. The fourth-order valence-corrected chi connectivity index (χ4v) is 2.43. The lowest BCUT2D eigenvalue weighted by Gasteiger charge is -2.25. The van der Waals surface area contributed by atoms with E-state index >= 15 is 0 Å². The number of nitrogens with two attached hydrogens (primary N) is 1. The van der Waals surface area contributed by atoms with Gasteiger partial charge in [-0.05, 0) is 23.1 Å². The van der Waals surface area contributed by atoms with Crippen LogP contribution in [-0.2, 0) is 16.6 Å². The van der Waals surface area contributed by atoms with Gasteiger partial charge >= 0.3 is 5.97 Å². The fourth-order valence-electron chi connectivity index (χ4n) is 1.92. The molecule has 1 atom stereocenters. The van der Waals surface area contributed by atoms with Gasteiger partial charge in [-0.25, -0.2) is 0 Å². The van der Waals surface area contributed by atoms with E-state index in [1.54, 1.807) is 7.11 Å². The Morgan fingerprint density at radius 2 is 2.05 bits per heavy atom. The van der Waals surface area contributed by atoms with Crippen LogP contribution in [-0.4, -0.2) is 24.2 Å². The van der Waals surface area contributed by atoms with Crippen molar-refractivity contribution in [1.82, 2.24) is 0 Å². The first-order chi connectivity index (χ1) is 8.66. The number of rotatable bonds is 4. The summed E-state index contributed by atoms with van der Waals surface area (Å²) in [7, 11) is 1.59. The Kier molecular flexibility index (Phi) is 4.98. The molecule has 0 spiro atoms. The highest BCUT2D eigenvalue weighted by Crippen LogP contribution is 2.37. The second-order valence-corrected chi connectivity index (χ2v) is 6.46. The van der Waals surface area contributed by atoms with Gasteiger partial charge in [0.05, 0.1) is 7.11 Å². The smallest absolute Gasteiger partial charge is 0.320 e. The third-order valence-corrected chi connectivity index (χ3v) is 3.36. The summed E-state index contributed by atoms with van der Waals surface area (Å²) < 4.78 is 6.36. The normalized spacial score (nSPS) is 13.2. The molecular formula is C14H20BrNO3. The summed E-state index contributed by atoms with van der Waals surface area (Å²) in [4.78, 5) is 10.9. The van der Waals surface area contributed by atoms with Crippen LogP contribution < -0.4 is 10.5 Å². The van der Waals surface area contributed by atoms with E-state index in [4.69, 9.17) is 15.6 Å². The molecule has 0 heterocycles. The maximum atomic E-state index is 10.9. The van der Waals surface area contributed by atoms with Gasteiger partial charge in [-0.3, -0.25) is 4.79 Å². The van der Waals surface area contributed by atoms with Crippen LogP contribution in [0, 0.1) is 0 Å². The van der Waals surface area contributed by atoms with E-state index in [0.717, 1.165) is 15.6 Å². The molecule has 4 nitrogen and oxygen atoms in total. The molecule has 0 aromatic heterocycles. The van der Waals surface area contributed by atoms with Crippen LogP contribution in [0.1, 0.15) is 31.9 Å². The first-order valence-electron chi connectivity index (χ1n) is 6.02. The molecule has 1 aromatic carbocycles. The Morgan fingerprint density at radius 1 is 1.47 bits per heavy atom. The van der Waals surface area contributed by atoms with E-state index in [1.807, 2.05) is 12.1 Å². The summed E-state index contributed by atoms with van der Waals surface area (Å²) >= 11 is 3.45. The predicted molar refractivity (Wildman–Crippen MR) is 78.7 cm³/mol. The predicted octanol–water partition coefficient (Wildman–Crippen LogP) is 2.71. The number of hydrogen-bond acceptors (Lipinski definition) is 3. The van der Waals surface area contributed by atoms with Crippen LogP contribution in [0.2, 0.25) is 0 Å².